The maximum absolute atomic E-state index is 5.54. The van der Waals surface area contributed by atoms with Crippen LogP contribution in [0.25, 0.3) is 0 Å². The molecule has 2 rings (SSSR count). The average molecular weight is 227 g/mol. The van der Waals surface area contributed by atoms with Gasteiger partial charge < -0.3 is 10.5 Å². The van der Waals surface area contributed by atoms with E-state index in [1.807, 2.05) is 0 Å². The Labute approximate surface area is 94.1 Å². The van der Waals surface area contributed by atoms with Gasteiger partial charge >= 0.3 is 0 Å². The Morgan fingerprint density at radius 2 is 2.40 bits per heavy atom. The van der Waals surface area contributed by atoms with Crippen molar-refractivity contribution < 1.29 is 4.74 Å². The molecule has 0 amide bonds. The van der Waals surface area contributed by atoms with Gasteiger partial charge in [-0.25, -0.2) is 4.98 Å². The van der Waals surface area contributed by atoms with Gasteiger partial charge in [0.05, 0.1) is 12.3 Å². The summed E-state index contributed by atoms with van der Waals surface area (Å²) in [5.41, 5.74) is 6.68. The van der Waals surface area contributed by atoms with Gasteiger partial charge in [0, 0.05) is 38.2 Å². The lowest BCUT2D eigenvalue weighted by atomic mass is 10.3. The van der Waals surface area contributed by atoms with E-state index in [9.17, 15) is 0 Å². The summed E-state index contributed by atoms with van der Waals surface area (Å²) in [4.78, 5) is 6.86. The minimum atomic E-state index is 0.549. The smallest absolute Gasteiger partial charge is 0.106 e. The molecular formula is C10H17N3OS. The monoisotopic (exact) mass is 227 g/mol. The molecule has 0 bridgehead atoms. The van der Waals surface area contributed by atoms with Crippen LogP contribution in [-0.2, 0) is 17.8 Å². The number of nitrogens with zero attached hydrogens (tertiary/aromatic N) is 2. The molecule has 0 spiro atoms. The van der Waals surface area contributed by atoms with E-state index in [4.69, 9.17) is 10.5 Å². The quantitative estimate of drug-likeness (QED) is 0.831. The molecule has 1 fully saturated rings. The lowest BCUT2D eigenvalue weighted by Crippen LogP contribution is -2.25. The van der Waals surface area contributed by atoms with Crippen LogP contribution in [0.5, 0.6) is 0 Å². The van der Waals surface area contributed by atoms with Crippen molar-refractivity contribution in [2.75, 3.05) is 26.3 Å². The first-order chi connectivity index (χ1) is 7.38. The molecular weight excluding hydrogens is 210 g/mol. The van der Waals surface area contributed by atoms with Crippen LogP contribution < -0.4 is 5.73 Å². The molecule has 0 saturated carbocycles. The highest BCUT2D eigenvalue weighted by atomic mass is 32.1. The molecule has 1 aromatic rings. The van der Waals surface area contributed by atoms with Crippen LogP contribution in [0.15, 0.2) is 5.38 Å². The zero-order valence-corrected chi connectivity index (χ0v) is 9.63. The summed E-state index contributed by atoms with van der Waals surface area (Å²) in [6, 6.07) is 0. The summed E-state index contributed by atoms with van der Waals surface area (Å²) in [6.07, 6.45) is 1.12. The third-order valence-corrected chi connectivity index (χ3v) is 3.39. The standard InChI is InChI=1S/C10H17N3OS/c11-6-10-12-9(8-15-10)7-13-2-1-4-14-5-3-13/h8H,1-7,11H2. The Kier molecular flexibility index (Phi) is 4.08. The van der Waals surface area contributed by atoms with Crippen molar-refractivity contribution >= 4 is 11.3 Å². The summed E-state index contributed by atoms with van der Waals surface area (Å²) < 4.78 is 5.41. The van der Waals surface area contributed by atoms with Crippen molar-refractivity contribution in [3.8, 4) is 0 Å². The van der Waals surface area contributed by atoms with Gasteiger partial charge in [0.15, 0.2) is 0 Å². The summed E-state index contributed by atoms with van der Waals surface area (Å²) >= 11 is 1.65. The Balaban J connectivity index is 1.89. The summed E-state index contributed by atoms with van der Waals surface area (Å²) in [7, 11) is 0. The predicted molar refractivity (Wildman–Crippen MR) is 60.7 cm³/mol. The number of hydrogen-bond acceptors (Lipinski definition) is 5. The topological polar surface area (TPSA) is 51.4 Å². The van der Waals surface area contributed by atoms with E-state index in [0.29, 0.717) is 6.54 Å². The minimum absolute atomic E-state index is 0.549. The van der Waals surface area contributed by atoms with Crippen LogP contribution >= 0.6 is 11.3 Å². The van der Waals surface area contributed by atoms with Crippen LogP contribution in [0.3, 0.4) is 0 Å². The van der Waals surface area contributed by atoms with E-state index >= 15 is 0 Å². The molecule has 0 unspecified atom stereocenters. The van der Waals surface area contributed by atoms with E-state index in [1.165, 1.54) is 0 Å². The fraction of sp³-hybridized carbons (Fsp3) is 0.700. The van der Waals surface area contributed by atoms with E-state index < -0.39 is 0 Å². The second-order valence-electron chi connectivity index (χ2n) is 3.68. The Hall–Kier alpha value is -0.490. The van der Waals surface area contributed by atoms with E-state index in [2.05, 4.69) is 15.3 Å². The van der Waals surface area contributed by atoms with Crippen molar-refractivity contribution in [2.24, 2.45) is 5.73 Å². The zero-order valence-electron chi connectivity index (χ0n) is 8.82. The fourth-order valence-electron chi connectivity index (χ4n) is 1.70. The van der Waals surface area contributed by atoms with Gasteiger partial charge in [0.25, 0.3) is 0 Å². The second kappa shape index (κ2) is 5.55. The van der Waals surface area contributed by atoms with Gasteiger partial charge in [-0.1, -0.05) is 0 Å². The van der Waals surface area contributed by atoms with Gasteiger partial charge in [0.2, 0.25) is 0 Å². The third kappa shape index (κ3) is 3.24. The third-order valence-electron chi connectivity index (χ3n) is 2.47. The van der Waals surface area contributed by atoms with Crippen LogP contribution in [0, 0.1) is 0 Å². The molecule has 1 saturated heterocycles. The highest BCUT2D eigenvalue weighted by Crippen LogP contribution is 2.12. The van der Waals surface area contributed by atoms with Gasteiger partial charge in [-0.3, -0.25) is 4.90 Å². The van der Waals surface area contributed by atoms with Crippen LogP contribution in [-0.4, -0.2) is 36.2 Å². The molecule has 0 aliphatic carbocycles. The lowest BCUT2D eigenvalue weighted by molar-refractivity contribution is 0.140. The largest absolute Gasteiger partial charge is 0.380 e. The molecule has 0 radical (unpaired) electrons. The first-order valence-corrected chi connectivity index (χ1v) is 6.20. The SMILES string of the molecule is NCc1nc(CN2CCCOCC2)cs1. The lowest BCUT2D eigenvalue weighted by Gasteiger charge is -2.17. The van der Waals surface area contributed by atoms with Gasteiger partial charge in [-0.15, -0.1) is 11.3 Å². The Morgan fingerprint density at radius 1 is 1.47 bits per heavy atom. The van der Waals surface area contributed by atoms with Gasteiger partial charge in [-0.05, 0) is 6.42 Å². The van der Waals surface area contributed by atoms with Gasteiger partial charge in [0.1, 0.15) is 5.01 Å². The number of hydrogen-bond donors (Lipinski definition) is 1. The first-order valence-electron chi connectivity index (χ1n) is 5.32. The second-order valence-corrected chi connectivity index (χ2v) is 4.62. The van der Waals surface area contributed by atoms with Crippen molar-refractivity contribution in [2.45, 2.75) is 19.5 Å². The van der Waals surface area contributed by atoms with Crippen LogP contribution in [0.4, 0.5) is 0 Å². The van der Waals surface area contributed by atoms with E-state index in [1.54, 1.807) is 11.3 Å². The normalized spacial score (nSPS) is 19.0. The number of thiazole rings is 1. The molecule has 4 nitrogen and oxygen atoms in total. The highest BCUT2D eigenvalue weighted by Gasteiger charge is 2.11. The van der Waals surface area contributed by atoms with E-state index in [0.717, 1.165) is 50.0 Å². The molecule has 84 valence electrons. The maximum atomic E-state index is 5.54. The van der Waals surface area contributed by atoms with Crippen molar-refractivity contribution in [1.82, 2.24) is 9.88 Å². The van der Waals surface area contributed by atoms with Crippen LogP contribution in [0.2, 0.25) is 0 Å². The molecule has 1 aromatic heterocycles. The molecule has 2 heterocycles. The predicted octanol–water partition coefficient (Wildman–Crippen LogP) is 0.824. The molecule has 2 N–H and O–H groups in total. The Morgan fingerprint density at radius 3 is 3.20 bits per heavy atom. The summed E-state index contributed by atoms with van der Waals surface area (Å²) in [6.45, 7) is 5.33. The molecule has 5 heteroatoms. The van der Waals surface area contributed by atoms with Crippen molar-refractivity contribution in [3.63, 3.8) is 0 Å². The number of aromatic nitrogens is 1. The average Bonchev–Trinajstić information content (AvgIpc) is 2.54. The molecule has 1 aliphatic rings. The summed E-state index contributed by atoms with van der Waals surface area (Å²) in [5.74, 6) is 0. The molecule has 0 atom stereocenters. The summed E-state index contributed by atoms with van der Waals surface area (Å²) in [5, 5.41) is 3.13. The van der Waals surface area contributed by atoms with Gasteiger partial charge in [-0.2, -0.15) is 0 Å². The van der Waals surface area contributed by atoms with Crippen molar-refractivity contribution in [3.05, 3.63) is 16.1 Å². The Bertz CT molecular complexity index is 295. The zero-order chi connectivity index (χ0) is 10.5. The minimum Gasteiger partial charge on any atom is -0.380 e. The van der Waals surface area contributed by atoms with Crippen molar-refractivity contribution in [1.29, 1.82) is 0 Å². The maximum Gasteiger partial charge on any atom is 0.106 e. The number of nitrogens with two attached hydrogens (primary N) is 1. The number of ether oxygens (including phenoxy) is 1. The first kappa shape index (κ1) is 11.0. The van der Waals surface area contributed by atoms with Crippen LogP contribution in [0.1, 0.15) is 17.1 Å². The molecule has 0 aromatic carbocycles. The molecule has 1 aliphatic heterocycles. The fourth-order valence-corrected chi connectivity index (χ4v) is 2.37. The number of rotatable bonds is 3. The highest BCUT2D eigenvalue weighted by molar-refractivity contribution is 7.09. The molecule has 15 heavy (non-hydrogen) atoms. The van der Waals surface area contributed by atoms with E-state index in [-0.39, 0.29) is 0 Å².